The summed E-state index contributed by atoms with van der Waals surface area (Å²) in [5.74, 6) is 3.06. The van der Waals surface area contributed by atoms with Crippen LogP contribution in [0.5, 0.6) is 0 Å². The molecule has 2 rings (SSSR count). The molecule has 1 aliphatic heterocycles. The molecule has 3 heteroatoms. The van der Waals surface area contributed by atoms with Gasteiger partial charge in [-0.1, -0.05) is 31.5 Å². The van der Waals surface area contributed by atoms with Crippen molar-refractivity contribution in [1.29, 1.82) is 0 Å². The highest BCUT2D eigenvalue weighted by atomic mass is 32.2. The number of amidine groups is 1. The lowest BCUT2D eigenvalue weighted by Crippen LogP contribution is -2.26. The van der Waals surface area contributed by atoms with Gasteiger partial charge in [0.25, 0.3) is 0 Å². The first-order chi connectivity index (χ1) is 6.84. The van der Waals surface area contributed by atoms with Gasteiger partial charge in [0, 0.05) is 18.8 Å². The molecule has 1 atom stereocenters. The molecule has 1 aliphatic carbocycles. The van der Waals surface area contributed by atoms with E-state index < -0.39 is 0 Å². The lowest BCUT2D eigenvalue weighted by Gasteiger charge is -2.17. The zero-order valence-corrected chi connectivity index (χ0v) is 9.78. The second-order valence-electron chi connectivity index (χ2n) is 4.57. The van der Waals surface area contributed by atoms with Gasteiger partial charge < -0.3 is 5.32 Å². The Morgan fingerprint density at radius 3 is 3.00 bits per heavy atom. The van der Waals surface area contributed by atoms with Crippen LogP contribution in [0, 0.1) is 11.8 Å². The summed E-state index contributed by atoms with van der Waals surface area (Å²) in [5, 5.41) is 4.62. The third-order valence-corrected chi connectivity index (χ3v) is 4.10. The largest absolute Gasteiger partial charge is 0.365 e. The van der Waals surface area contributed by atoms with E-state index in [1.165, 1.54) is 36.6 Å². The summed E-state index contributed by atoms with van der Waals surface area (Å²) >= 11 is 1.88. The average molecular weight is 212 g/mol. The van der Waals surface area contributed by atoms with Gasteiger partial charge >= 0.3 is 0 Å². The highest BCUT2D eigenvalue weighted by Crippen LogP contribution is 2.33. The number of rotatable bonds is 4. The van der Waals surface area contributed by atoms with E-state index in [0.29, 0.717) is 0 Å². The monoisotopic (exact) mass is 212 g/mol. The van der Waals surface area contributed by atoms with E-state index in [4.69, 9.17) is 0 Å². The van der Waals surface area contributed by atoms with E-state index in [0.717, 1.165) is 24.9 Å². The van der Waals surface area contributed by atoms with Gasteiger partial charge in [0.05, 0.1) is 0 Å². The van der Waals surface area contributed by atoms with Crippen LogP contribution >= 0.6 is 11.8 Å². The molecule has 0 amide bonds. The molecule has 1 N–H and O–H groups in total. The van der Waals surface area contributed by atoms with Crippen LogP contribution in [0.4, 0.5) is 0 Å². The minimum absolute atomic E-state index is 0.761. The second kappa shape index (κ2) is 5.06. The molecular formula is C11H20N2S. The van der Waals surface area contributed by atoms with Gasteiger partial charge in [-0.25, -0.2) is 0 Å². The summed E-state index contributed by atoms with van der Waals surface area (Å²) < 4.78 is 0. The van der Waals surface area contributed by atoms with Crippen molar-refractivity contribution in [1.82, 2.24) is 5.32 Å². The van der Waals surface area contributed by atoms with Gasteiger partial charge in [-0.3, -0.25) is 4.99 Å². The molecular weight excluding hydrogens is 192 g/mol. The Kier molecular flexibility index (Phi) is 3.74. The van der Waals surface area contributed by atoms with Gasteiger partial charge in [-0.05, 0) is 24.7 Å². The maximum atomic E-state index is 4.51. The predicted octanol–water partition coefficient (Wildman–Crippen LogP) is 2.51. The molecule has 0 radical (unpaired) electrons. The Bertz CT molecular complexity index is 211. The minimum Gasteiger partial charge on any atom is -0.365 e. The van der Waals surface area contributed by atoms with Crippen LogP contribution in [0.15, 0.2) is 4.99 Å². The fraction of sp³-hybridized carbons (Fsp3) is 0.909. The molecule has 0 aromatic rings. The highest BCUT2D eigenvalue weighted by Gasteiger charge is 2.20. The molecule has 0 bridgehead atoms. The normalized spacial score (nSPS) is 27.2. The number of aliphatic imine (C=N–C) groups is 1. The molecule has 14 heavy (non-hydrogen) atoms. The van der Waals surface area contributed by atoms with Gasteiger partial charge in [0.15, 0.2) is 5.17 Å². The summed E-state index contributed by atoms with van der Waals surface area (Å²) in [4.78, 5) is 4.51. The molecule has 0 saturated heterocycles. The zero-order chi connectivity index (χ0) is 9.80. The third kappa shape index (κ3) is 3.52. The van der Waals surface area contributed by atoms with Crippen molar-refractivity contribution in [2.45, 2.75) is 32.6 Å². The van der Waals surface area contributed by atoms with Crippen molar-refractivity contribution >= 4 is 16.9 Å². The van der Waals surface area contributed by atoms with Crippen LogP contribution < -0.4 is 5.32 Å². The van der Waals surface area contributed by atoms with E-state index in [1.807, 2.05) is 11.8 Å². The second-order valence-corrected chi connectivity index (χ2v) is 5.58. The van der Waals surface area contributed by atoms with Crippen LogP contribution in [0.3, 0.4) is 0 Å². The first-order valence-corrected chi connectivity index (χ1v) is 6.74. The molecule has 1 saturated carbocycles. The van der Waals surface area contributed by atoms with Crippen molar-refractivity contribution in [2.75, 3.05) is 18.8 Å². The topological polar surface area (TPSA) is 24.4 Å². The fourth-order valence-electron chi connectivity index (χ4n) is 1.66. The van der Waals surface area contributed by atoms with Crippen molar-refractivity contribution in [2.24, 2.45) is 16.8 Å². The van der Waals surface area contributed by atoms with Gasteiger partial charge in [0.2, 0.25) is 0 Å². The SMILES string of the molecule is CC1CN=C(NCCCC2CC2)SC1. The van der Waals surface area contributed by atoms with Crippen LogP contribution in [0.2, 0.25) is 0 Å². The van der Waals surface area contributed by atoms with Crippen LogP contribution in [0.1, 0.15) is 32.6 Å². The Balaban J connectivity index is 1.55. The first-order valence-electron chi connectivity index (χ1n) is 5.75. The molecule has 0 aromatic carbocycles. The lowest BCUT2D eigenvalue weighted by atomic mass is 10.2. The maximum absolute atomic E-state index is 4.51. The number of thioether (sulfide) groups is 1. The molecule has 2 nitrogen and oxygen atoms in total. The van der Waals surface area contributed by atoms with E-state index in [2.05, 4.69) is 17.2 Å². The molecule has 1 unspecified atom stereocenters. The summed E-state index contributed by atoms with van der Waals surface area (Å²) in [6.07, 6.45) is 5.70. The summed E-state index contributed by atoms with van der Waals surface area (Å²) in [7, 11) is 0. The maximum Gasteiger partial charge on any atom is 0.156 e. The number of hydrogen-bond acceptors (Lipinski definition) is 3. The molecule has 1 fully saturated rings. The summed E-state index contributed by atoms with van der Waals surface area (Å²) in [6, 6.07) is 0. The molecule has 80 valence electrons. The quantitative estimate of drug-likeness (QED) is 0.724. The fourth-order valence-corrected chi connectivity index (χ4v) is 2.58. The Morgan fingerprint density at radius 2 is 2.36 bits per heavy atom. The van der Waals surface area contributed by atoms with Gasteiger partial charge in [0.1, 0.15) is 0 Å². The number of hydrogen-bond donors (Lipinski definition) is 1. The van der Waals surface area contributed by atoms with Crippen molar-refractivity contribution in [3.8, 4) is 0 Å². The van der Waals surface area contributed by atoms with Gasteiger partial charge in [-0.15, -0.1) is 0 Å². The number of nitrogens with zero attached hydrogens (tertiary/aromatic N) is 1. The highest BCUT2D eigenvalue weighted by molar-refractivity contribution is 8.13. The van der Waals surface area contributed by atoms with E-state index in [1.54, 1.807) is 0 Å². The van der Waals surface area contributed by atoms with E-state index >= 15 is 0 Å². The lowest BCUT2D eigenvalue weighted by molar-refractivity contribution is 0.644. The number of nitrogens with one attached hydrogen (secondary N) is 1. The van der Waals surface area contributed by atoms with Crippen LogP contribution in [-0.4, -0.2) is 24.0 Å². The van der Waals surface area contributed by atoms with E-state index in [9.17, 15) is 0 Å². The summed E-state index contributed by atoms with van der Waals surface area (Å²) in [6.45, 7) is 4.40. The predicted molar refractivity (Wildman–Crippen MR) is 63.9 cm³/mol. The van der Waals surface area contributed by atoms with Crippen LogP contribution in [-0.2, 0) is 0 Å². The van der Waals surface area contributed by atoms with Crippen molar-refractivity contribution < 1.29 is 0 Å². The minimum atomic E-state index is 0.761. The standard InChI is InChI=1S/C11H20N2S/c1-9-7-13-11(14-8-9)12-6-2-3-10-4-5-10/h9-10H,2-8H2,1H3,(H,12,13). The molecule has 0 spiro atoms. The molecule has 0 aromatic heterocycles. The zero-order valence-electron chi connectivity index (χ0n) is 8.96. The van der Waals surface area contributed by atoms with Gasteiger partial charge in [-0.2, -0.15) is 0 Å². The Hall–Kier alpha value is -0.180. The smallest absolute Gasteiger partial charge is 0.156 e. The average Bonchev–Trinajstić information content (AvgIpc) is 2.99. The van der Waals surface area contributed by atoms with Crippen LogP contribution in [0.25, 0.3) is 0 Å². The van der Waals surface area contributed by atoms with Crippen molar-refractivity contribution in [3.05, 3.63) is 0 Å². The molecule has 1 heterocycles. The third-order valence-electron chi connectivity index (χ3n) is 2.81. The Labute approximate surface area is 90.9 Å². The van der Waals surface area contributed by atoms with Crippen molar-refractivity contribution in [3.63, 3.8) is 0 Å². The Morgan fingerprint density at radius 1 is 1.50 bits per heavy atom. The summed E-state index contributed by atoms with van der Waals surface area (Å²) in [5.41, 5.74) is 0. The molecule has 2 aliphatic rings. The first kappa shape index (κ1) is 10.3. The van der Waals surface area contributed by atoms with E-state index in [-0.39, 0.29) is 0 Å².